The minimum Gasteiger partial charge on any atom is -0.506 e. The summed E-state index contributed by atoms with van der Waals surface area (Å²) in [4.78, 5) is 22.2. The Hall–Kier alpha value is -2.12. The lowest BCUT2D eigenvalue weighted by Crippen LogP contribution is -2.48. The molecule has 0 bridgehead atoms. The number of phenols is 1. The molecule has 1 aliphatic rings. The van der Waals surface area contributed by atoms with E-state index in [0.717, 1.165) is 48.9 Å². The van der Waals surface area contributed by atoms with E-state index in [2.05, 4.69) is 27.0 Å². The van der Waals surface area contributed by atoms with Crippen LogP contribution in [0.3, 0.4) is 0 Å². The third kappa shape index (κ3) is 4.29. The van der Waals surface area contributed by atoms with Gasteiger partial charge in [-0.05, 0) is 25.5 Å². The zero-order chi connectivity index (χ0) is 17.8. The molecule has 0 spiro atoms. The van der Waals surface area contributed by atoms with Crippen LogP contribution in [0, 0.1) is 6.92 Å². The number of thiazole rings is 1. The number of carbonyl (C=O) groups is 1. The van der Waals surface area contributed by atoms with E-state index in [0.29, 0.717) is 17.4 Å². The first-order valence-electron chi connectivity index (χ1n) is 8.58. The van der Waals surface area contributed by atoms with Gasteiger partial charge in [0.1, 0.15) is 5.75 Å². The van der Waals surface area contributed by atoms with Crippen molar-refractivity contribution >= 4 is 28.1 Å². The number of aryl methyl sites for hydroxylation is 2. The number of aromatic hydroxyl groups is 1. The molecule has 1 saturated heterocycles. The van der Waals surface area contributed by atoms with Crippen molar-refractivity contribution in [1.82, 2.24) is 9.88 Å². The predicted molar refractivity (Wildman–Crippen MR) is 102 cm³/mol. The summed E-state index contributed by atoms with van der Waals surface area (Å²) in [6, 6.07) is 7.38. The van der Waals surface area contributed by atoms with Crippen molar-refractivity contribution in [2.24, 2.45) is 0 Å². The van der Waals surface area contributed by atoms with Crippen molar-refractivity contribution in [3.05, 3.63) is 34.8 Å². The van der Waals surface area contributed by atoms with Crippen LogP contribution >= 0.6 is 11.3 Å². The van der Waals surface area contributed by atoms with Crippen molar-refractivity contribution in [2.45, 2.75) is 20.3 Å². The van der Waals surface area contributed by atoms with Crippen molar-refractivity contribution in [1.29, 1.82) is 0 Å². The molecule has 0 saturated carbocycles. The summed E-state index contributed by atoms with van der Waals surface area (Å²) in [5.74, 6) is 0.284. The molecule has 0 radical (unpaired) electrons. The fourth-order valence-corrected chi connectivity index (χ4v) is 3.97. The maximum atomic E-state index is 12.3. The van der Waals surface area contributed by atoms with Gasteiger partial charge in [-0.25, -0.2) is 4.98 Å². The van der Waals surface area contributed by atoms with Gasteiger partial charge in [0.05, 0.1) is 17.9 Å². The molecule has 25 heavy (non-hydrogen) atoms. The second-order valence-electron chi connectivity index (χ2n) is 6.18. The van der Waals surface area contributed by atoms with Crippen LogP contribution in [0.4, 0.5) is 10.8 Å². The van der Waals surface area contributed by atoms with Crippen molar-refractivity contribution in [2.75, 3.05) is 42.9 Å². The topological polar surface area (TPSA) is 68.7 Å². The monoisotopic (exact) mass is 360 g/mol. The van der Waals surface area contributed by atoms with Crippen LogP contribution < -0.4 is 10.2 Å². The molecule has 7 heteroatoms. The fraction of sp³-hybridized carbons (Fsp3) is 0.444. The number of anilines is 2. The number of nitrogens with one attached hydrogen (secondary N) is 1. The molecule has 1 aliphatic heterocycles. The second-order valence-corrected chi connectivity index (χ2v) is 7.38. The first-order chi connectivity index (χ1) is 12.1. The Bertz CT molecular complexity index is 738. The van der Waals surface area contributed by atoms with E-state index < -0.39 is 0 Å². The molecule has 0 unspecified atom stereocenters. The van der Waals surface area contributed by atoms with E-state index in [1.54, 1.807) is 6.07 Å². The second kappa shape index (κ2) is 7.84. The average molecular weight is 360 g/mol. The maximum absolute atomic E-state index is 12.3. The van der Waals surface area contributed by atoms with Crippen LogP contribution in [0.5, 0.6) is 5.75 Å². The SMILES string of the molecule is CCc1nc(NC(=O)CN2CCN(c3ccccc3O)CC2)sc1C. The number of benzene rings is 1. The molecule has 134 valence electrons. The van der Waals surface area contributed by atoms with E-state index in [-0.39, 0.29) is 5.91 Å². The number of piperazine rings is 1. The number of carbonyl (C=O) groups excluding carboxylic acids is 1. The smallest absolute Gasteiger partial charge is 0.240 e. The average Bonchev–Trinajstić information content (AvgIpc) is 2.95. The summed E-state index contributed by atoms with van der Waals surface area (Å²) >= 11 is 1.53. The Labute approximate surface area is 152 Å². The molecule has 0 atom stereocenters. The maximum Gasteiger partial charge on any atom is 0.240 e. The number of nitrogens with zero attached hydrogens (tertiary/aromatic N) is 3. The highest BCUT2D eigenvalue weighted by Crippen LogP contribution is 2.27. The van der Waals surface area contributed by atoms with Crippen LogP contribution in [-0.2, 0) is 11.2 Å². The third-order valence-electron chi connectivity index (χ3n) is 4.44. The Balaban J connectivity index is 1.50. The van der Waals surface area contributed by atoms with Crippen LogP contribution in [0.1, 0.15) is 17.5 Å². The zero-order valence-electron chi connectivity index (χ0n) is 14.7. The summed E-state index contributed by atoms with van der Waals surface area (Å²) in [6.45, 7) is 7.64. The van der Waals surface area contributed by atoms with Gasteiger partial charge >= 0.3 is 0 Å². The Kier molecular flexibility index (Phi) is 5.55. The highest BCUT2D eigenvalue weighted by Gasteiger charge is 2.21. The summed E-state index contributed by atoms with van der Waals surface area (Å²) in [5, 5.41) is 13.6. The van der Waals surface area contributed by atoms with E-state index >= 15 is 0 Å². The van der Waals surface area contributed by atoms with Gasteiger partial charge < -0.3 is 15.3 Å². The molecule has 1 amide bonds. The zero-order valence-corrected chi connectivity index (χ0v) is 15.5. The molecule has 6 nitrogen and oxygen atoms in total. The van der Waals surface area contributed by atoms with Gasteiger partial charge in [0.2, 0.25) is 5.91 Å². The Morgan fingerprint density at radius 2 is 2.00 bits per heavy atom. The van der Waals surface area contributed by atoms with Gasteiger partial charge in [-0.15, -0.1) is 11.3 Å². The largest absolute Gasteiger partial charge is 0.506 e. The van der Waals surface area contributed by atoms with Crippen molar-refractivity contribution < 1.29 is 9.90 Å². The number of hydrogen-bond donors (Lipinski definition) is 2. The number of para-hydroxylation sites is 2. The van der Waals surface area contributed by atoms with Gasteiger partial charge in [0, 0.05) is 31.1 Å². The van der Waals surface area contributed by atoms with Gasteiger partial charge in [-0.1, -0.05) is 19.1 Å². The highest BCUT2D eigenvalue weighted by atomic mass is 32.1. The molecule has 1 aromatic heterocycles. The lowest BCUT2D eigenvalue weighted by atomic mass is 10.2. The van der Waals surface area contributed by atoms with Crippen LogP contribution in [-0.4, -0.2) is 53.6 Å². The number of rotatable bonds is 5. The third-order valence-corrected chi connectivity index (χ3v) is 5.36. The van der Waals surface area contributed by atoms with E-state index in [1.165, 1.54) is 11.3 Å². The molecule has 2 aromatic rings. The number of aromatic nitrogens is 1. The Morgan fingerprint density at radius 3 is 2.64 bits per heavy atom. The summed E-state index contributed by atoms with van der Waals surface area (Å²) in [6.07, 6.45) is 0.881. The van der Waals surface area contributed by atoms with Crippen LogP contribution in [0.25, 0.3) is 0 Å². The Morgan fingerprint density at radius 1 is 1.28 bits per heavy atom. The fourth-order valence-electron chi connectivity index (χ4n) is 3.05. The predicted octanol–water partition coefficient (Wildman–Crippen LogP) is 2.48. The van der Waals surface area contributed by atoms with E-state index in [4.69, 9.17) is 0 Å². The molecule has 1 fully saturated rings. The lowest BCUT2D eigenvalue weighted by Gasteiger charge is -2.35. The molecule has 3 rings (SSSR count). The molecule has 2 heterocycles. The van der Waals surface area contributed by atoms with Crippen molar-refractivity contribution in [3.8, 4) is 5.75 Å². The molecular weight excluding hydrogens is 336 g/mol. The first-order valence-corrected chi connectivity index (χ1v) is 9.40. The summed E-state index contributed by atoms with van der Waals surface area (Å²) in [5.41, 5.74) is 1.91. The van der Waals surface area contributed by atoms with E-state index in [9.17, 15) is 9.90 Å². The first kappa shape index (κ1) is 17.7. The van der Waals surface area contributed by atoms with Gasteiger partial charge in [0.25, 0.3) is 0 Å². The van der Waals surface area contributed by atoms with Crippen LogP contribution in [0.2, 0.25) is 0 Å². The molecule has 0 aliphatic carbocycles. The quantitative estimate of drug-likeness (QED) is 0.857. The number of hydrogen-bond acceptors (Lipinski definition) is 6. The number of amides is 1. The molecule has 1 aromatic carbocycles. The highest BCUT2D eigenvalue weighted by molar-refractivity contribution is 7.15. The van der Waals surface area contributed by atoms with Gasteiger partial charge in [0.15, 0.2) is 5.13 Å². The van der Waals surface area contributed by atoms with E-state index in [1.807, 2.05) is 25.1 Å². The molecular formula is C18H24N4O2S. The van der Waals surface area contributed by atoms with Crippen LogP contribution in [0.15, 0.2) is 24.3 Å². The molecule has 2 N–H and O–H groups in total. The van der Waals surface area contributed by atoms with Gasteiger partial charge in [-0.2, -0.15) is 0 Å². The minimum absolute atomic E-state index is 0.0209. The lowest BCUT2D eigenvalue weighted by molar-refractivity contribution is -0.117. The normalized spacial score (nSPS) is 15.4. The standard InChI is InChI=1S/C18H24N4O2S/c1-3-14-13(2)25-18(19-14)20-17(24)12-21-8-10-22(11-9-21)15-6-4-5-7-16(15)23/h4-7,23H,3,8-12H2,1-2H3,(H,19,20,24). The van der Waals surface area contributed by atoms with Gasteiger partial charge in [-0.3, -0.25) is 9.69 Å². The number of phenolic OH excluding ortho intramolecular Hbond substituents is 1. The summed E-state index contributed by atoms with van der Waals surface area (Å²) in [7, 11) is 0. The summed E-state index contributed by atoms with van der Waals surface area (Å²) < 4.78 is 0. The minimum atomic E-state index is -0.0209. The van der Waals surface area contributed by atoms with Crippen molar-refractivity contribution in [3.63, 3.8) is 0 Å².